The van der Waals surface area contributed by atoms with Crippen LogP contribution in [0.2, 0.25) is 0 Å². The van der Waals surface area contributed by atoms with Gasteiger partial charge in [-0.1, -0.05) is 5.16 Å². The third-order valence-corrected chi connectivity index (χ3v) is 1.53. The summed E-state index contributed by atoms with van der Waals surface area (Å²) in [6, 6.07) is 1.36. The molecule has 0 unspecified atom stereocenters. The summed E-state index contributed by atoms with van der Waals surface area (Å²) >= 11 is 0. The van der Waals surface area contributed by atoms with Gasteiger partial charge in [-0.15, -0.1) is 0 Å². The highest BCUT2D eigenvalue weighted by atomic mass is 16.6. The lowest BCUT2D eigenvalue weighted by atomic mass is 10.3. The van der Waals surface area contributed by atoms with Gasteiger partial charge in [0.05, 0.1) is 7.11 Å². The summed E-state index contributed by atoms with van der Waals surface area (Å²) in [5, 5.41) is 12.1. The Kier molecular flexibility index (Phi) is 3.59. The first kappa shape index (κ1) is 11.7. The van der Waals surface area contributed by atoms with Gasteiger partial charge in [0.25, 0.3) is 0 Å². The van der Waals surface area contributed by atoms with Gasteiger partial charge in [0, 0.05) is 6.07 Å². The molecule has 8 heteroatoms. The Labute approximate surface area is 90.7 Å². The van der Waals surface area contributed by atoms with Crippen molar-refractivity contribution in [2.75, 3.05) is 20.0 Å². The highest BCUT2D eigenvalue weighted by Crippen LogP contribution is 2.10. The molecule has 0 aliphatic carbocycles. The lowest BCUT2D eigenvalue weighted by Gasteiger charge is -2.03. The third kappa shape index (κ3) is 2.56. The van der Waals surface area contributed by atoms with E-state index in [0.717, 1.165) is 0 Å². The van der Waals surface area contributed by atoms with Gasteiger partial charge in [0.2, 0.25) is 11.6 Å². The van der Waals surface area contributed by atoms with Crippen molar-refractivity contribution in [1.82, 2.24) is 9.97 Å². The maximum Gasteiger partial charge on any atom is 0.361 e. The average Bonchev–Trinajstić information content (AvgIpc) is 2.24. The maximum atomic E-state index is 10.8. The summed E-state index contributed by atoms with van der Waals surface area (Å²) in [6.45, 7) is 0. The first-order valence-electron chi connectivity index (χ1n) is 4.11. The molecule has 1 aromatic rings. The molecule has 1 aromatic heterocycles. The molecule has 16 heavy (non-hydrogen) atoms. The van der Waals surface area contributed by atoms with Crippen molar-refractivity contribution in [3.63, 3.8) is 0 Å². The Balaban J connectivity index is 3.24. The molecule has 0 amide bonds. The van der Waals surface area contributed by atoms with Crippen molar-refractivity contribution in [3.8, 4) is 5.88 Å². The van der Waals surface area contributed by atoms with Crippen LogP contribution in [0.1, 0.15) is 5.82 Å². The predicted octanol–water partition coefficient (Wildman–Crippen LogP) is -0.497. The number of nitrogens with zero attached hydrogens (tertiary/aromatic N) is 3. The molecular weight excluding hydrogens is 216 g/mol. The summed E-state index contributed by atoms with van der Waals surface area (Å²) in [5.74, 6) is -1.28. The van der Waals surface area contributed by atoms with Crippen molar-refractivity contribution in [3.05, 3.63) is 11.9 Å². The second kappa shape index (κ2) is 4.91. The molecular formula is C8H10N4O4. The summed E-state index contributed by atoms with van der Waals surface area (Å²) < 4.78 is 4.82. The smallest absolute Gasteiger partial charge is 0.361 e. The number of anilines is 1. The summed E-state index contributed by atoms with van der Waals surface area (Å²) in [6.07, 6.45) is 0. The first-order valence-corrected chi connectivity index (χ1v) is 4.11. The van der Waals surface area contributed by atoms with Crippen LogP contribution >= 0.6 is 0 Å². The number of oxime groups is 1. The molecule has 0 saturated carbocycles. The van der Waals surface area contributed by atoms with E-state index in [4.69, 9.17) is 15.6 Å². The second-order valence-corrected chi connectivity index (χ2v) is 2.59. The standard InChI is InChI=1S/C8H10N4O4/c1-15-5-3-4(9)10-7(11-5)6(8(13)14)12-16-2/h3H,1-2H3,(H,13,14)(H2,9,10,11). The lowest BCUT2D eigenvalue weighted by Crippen LogP contribution is -2.19. The fourth-order valence-electron chi connectivity index (χ4n) is 0.920. The first-order chi connectivity index (χ1) is 7.58. The highest BCUT2D eigenvalue weighted by Gasteiger charge is 2.18. The van der Waals surface area contributed by atoms with E-state index in [2.05, 4.69) is 20.0 Å². The van der Waals surface area contributed by atoms with E-state index >= 15 is 0 Å². The van der Waals surface area contributed by atoms with Crippen molar-refractivity contribution in [2.24, 2.45) is 5.16 Å². The largest absolute Gasteiger partial charge is 0.481 e. The van der Waals surface area contributed by atoms with Crippen LogP contribution in [0.3, 0.4) is 0 Å². The van der Waals surface area contributed by atoms with Crippen LogP contribution in [0.25, 0.3) is 0 Å². The Morgan fingerprint density at radius 2 is 2.19 bits per heavy atom. The number of methoxy groups -OCH3 is 1. The van der Waals surface area contributed by atoms with E-state index in [1.165, 1.54) is 20.3 Å². The number of hydrogen-bond acceptors (Lipinski definition) is 7. The number of aromatic nitrogens is 2. The normalized spacial score (nSPS) is 11.0. The van der Waals surface area contributed by atoms with Crippen LogP contribution in [-0.2, 0) is 9.63 Å². The minimum Gasteiger partial charge on any atom is -0.481 e. The number of aliphatic carboxylic acids is 1. The molecule has 0 atom stereocenters. The van der Waals surface area contributed by atoms with Crippen LogP contribution in [0, 0.1) is 0 Å². The summed E-state index contributed by atoms with van der Waals surface area (Å²) in [7, 11) is 2.59. The molecule has 0 spiro atoms. The van der Waals surface area contributed by atoms with Crippen molar-refractivity contribution < 1.29 is 19.5 Å². The molecule has 0 saturated heterocycles. The molecule has 1 rings (SSSR count). The van der Waals surface area contributed by atoms with Crippen LogP contribution < -0.4 is 10.5 Å². The predicted molar refractivity (Wildman–Crippen MR) is 54.2 cm³/mol. The fraction of sp³-hybridized carbons (Fsp3) is 0.250. The zero-order valence-corrected chi connectivity index (χ0v) is 8.67. The Morgan fingerprint density at radius 1 is 1.50 bits per heavy atom. The quantitative estimate of drug-likeness (QED) is 0.524. The molecule has 0 radical (unpaired) electrons. The van der Waals surface area contributed by atoms with Gasteiger partial charge >= 0.3 is 5.97 Å². The second-order valence-electron chi connectivity index (χ2n) is 2.59. The molecule has 0 fully saturated rings. The number of rotatable bonds is 4. The zero-order chi connectivity index (χ0) is 12.1. The minimum absolute atomic E-state index is 0.0758. The number of ether oxygens (including phenoxy) is 1. The van der Waals surface area contributed by atoms with Gasteiger partial charge in [-0.05, 0) is 0 Å². The summed E-state index contributed by atoms with van der Waals surface area (Å²) in [5.41, 5.74) is 5.00. The van der Waals surface area contributed by atoms with Crippen LogP contribution in [0.15, 0.2) is 11.2 Å². The number of nitrogen functional groups attached to an aromatic ring is 1. The SMILES string of the molecule is CON=C(C(=O)O)c1nc(N)cc(OC)n1. The maximum absolute atomic E-state index is 10.8. The average molecular weight is 226 g/mol. The number of carboxylic acid groups (broad SMARTS) is 1. The van der Waals surface area contributed by atoms with Gasteiger partial charge in [0.1, 0.15) is 12.9 Å². The molecule has 0 bridgehead atoms. The molecule has 3 N–H and O–H groups in total. The molecule has 0 aromatic carbocycles. The van der Waals surface area contributed by atoms with Gasteiger partial charge < -0.3 is 20.4 Å². The molecule has 0 aliphatic heterocycles. The van der Waals surface area contributed by atoms with Crippen LogP contribution in [0.4, 0.5) is 5.82 Å². The Morgan fingerprint density at radius 3 is 2.69 bits per heavy atom. The van der Waals surface area contributed by atoms with E-state index in [1.807, 2.05) is 0 Å². The van der Waals surface area contributed by atoms with E-state index in [0.29, 0.717) is 0 Å². The third-order valence-electron chi connectivity index (χ3n) is 1.53. The van der Waals surface area contributed by atoms with E-state index in [-0.39, 0.29) is 17.5 Å². The minimum atomic E-state index is -1.32. The van der Waals surface area contributed by atoms with Gasteiger partial charge in [-0.3, -0.25) is 0 Å². The van der Waals surface area contributed by atoms with E-state index in [9.17, 15) is 4.79 Å². The van der Waals surface area contributed by atoms with E-state index in [1.54, 1.807) is 0 Å². The lowest BCUT2D eigenvalue weighted by molar-refractivity contribution is -0.129. The summed E-state index contributed by atoms with van der Waals surface area (Å²) in [4.78, 5) is 22.7. The number of carbonyl (C=O) groups is 1. The van der Waals surface area contributed by atoms with Gasteiger partial charge in [0.15, 0.2) is 5.82 Å². The van der Waals surface area contributed by atoms with Gasteiger partial charge in [-0.2, -0.15) is 4.98 Å². The molecule has 8 nitrogen and oxygen atoms in total. The molecule has 1 heterocycles. The van der Waals surface area contributed by atoms with Crippen LogP contribution in [-0.4, -0.2) is 41.0 Å². The number of nitrogens with two attached hydrogens (primary N) is 1. The zero-order valence-electron chi connectivity index (χ0n) is 8.67. The monoisotopic (exact) mass is 226 g/mol. The fourth-order valence-corrected chi connectivity index (χ4v) is 0.920. The van der Waals surface area contributed by atoms with Crippen molar-refractivity contribution in [1.29, 1.82) is 0 Å². The molecule has 0 aliphatic rings. The highest BCUT2D eigenvalue weighted by molar-refractivity contribution is 6.41. The van der Waals surface area contributed by atoms with E-state index < -0.39 is 11.7 Å². The van der Waals surface area contributed by atoms with Crippen LogP contribution in [0.5, 0.6) is 5.88 Å². The van der Waals surface area contributed by atoms with Gasteiger partial charge in [-0.25, -0.2) is 9.78 Å². The Hall–Kier alpha value is -2.38. The number of carboxylic acids is 1. The van der Waals surface area contributed by atoms with Crippen molar-refractivity contribution in [2.45, 2.75) is 0 Å². The molecule has 86 valence electrons. The van der Waals surface area contributed by atoms with Crippen molar-refractivity contribution >= 4 is 17.5 Å². The Bertz CT molecular complexity index is 432. The topological polar surface area (TPSA) is 120 Å². The number of hydrogen-bond donors (Lipinski definition) is 2.